The number of nitrogens with one attached hydrogen (secondary N) is 2. The van der Waals surface area contributed by atoms with E-state index in [1.807, 2.05) is 63.2 Å². The molecule has 24 heavy (non-hydrogen) atoms. The van der Waals surface area contributed by atoms with Crippen LogP contribution in [-0.2, 0) is 13.1 Å². The number of carbonyl (C=O) groups is 1. The molecule has 0 fully saturated rings. The molecule has 0 aliphatic carbocycles. The molecule has 2 aromatic rings. The van der Waals surface area contributed by atoms with Crippen LogP contribution in [0.1, 0.15) is 53.9 Å². The molecule has 1 amide bonds. The van der Waals surface area contributed by atoms with Gasteiger partial charge in [-0.3, -0.25) is 4.79 Å². The highest BCUT2D eigenvalue weighted by atomic mass is 16.5. The summed E-state index contributed by atoms with van der Waals surface area (Å²) in [7, 11) is 0. The van der Waals surface area contributed by atoms with E-state index in [1.54, 1.807) is 0 Å². The first kappa shape index (κ1) is 16.5. The second-order valence-corrected chi connectivity index (χ2v) is 6.52. The SMILES string of the molecule is CC(C)Oc1cccc(C(C)NC(=O)c2ccc3c(c2)CNC3)c1. The fourth-order valence-electron chi connectivity index (χ4n) is 2.93. The van der Waals surface area contributed by atoms with Gasteiger partial charge in [0.25, 0.3) is 5.91 Å². The Labute approximate surface area is 143 Å². The second kappa shape index (κ2) is 7.05. The first-order valence-electron chi connectivity index (χ1n) is 8.43. The van der Waals surface area contributed by atoms with E-state index >= 15 is 0 Å². The highest BCUT2D eigenvalue weighted by Gasteiger charge is 2.16. The second-order valence-electron chi connectivity index (χ2n) is 6.52. The van der Waals surface area contributed by atoms with Gasteiger partial charge in [0.15, 0.2) is 0 Å². The van der Waals surface area contributed by atoms with Crippen molar-refractivity contribution in [2.45, 2.75) is 46.0 Å². The Morgan fingerprint density at radius 1 is 1.08 bits per heavy atom. The first-order chi connectivity index (χ1) is 11.5. The van der Waals surface area contributed by atoms with E-state index in [2.05, 4.69) is 10.6 Å². The van der Waals surface area contributed by atoms with E-state index < -0.39 is 0 Å². The van der Waals surface area contributed by atoms with Crippen LogP contribution in [0.3, 0.4) is 0 Å². The van der Waals surface area contributed by atoms with Crippen LogP contribution < -0.4 is 15.4 Å². The fourth-order valence-corrected chi connectivity index (χ4v) is 2.93. The summed E-state index contributed by atoms with van der Waals surface area (Å²) in [5.74, 6) is 0.777. The Hall–Kier alpha value is -2.33. The van der Waals surface area contributed by atoms with Gasteiger partial charge < -0.3 is 15.4 Å². The highest BCUT2D eigenvalue weighted by Crippen LogP contribution is 2.21. The van der Waals surface area contributed by atoms with Gasteiger partial charge in [0, 0.05) is 18.7 Å². The van der Waals surface area contributed by atoms with E-state index in [1.165, 1.54) is 11.1 Å². The van der Waals surface area contributed by atoms with Crippen molar-refractivity contribution >= 4 is 5.91 Å². The molecular weight excluding hydrogens is 300 g/mol. The van der Waals surface area contributed by atoms with Crippen molar-refractivity contribution in [3.8, 4) is 5.75 Å². The monoisotopic (exact) mass is 324 g/mol. The van der Waals surface area contributed by atoms with Gasteiger partial charge in [0.2, 0.25) is 0 Å². The van der Waals surface area contributed by atoms with Crippen LogP contribution >= 0.6 is 0 Å². The molecule has 0 saturated heterocycles. The third kappa shape index (κ3) is 3.77. The third-order valence-electron chi connectivity index (χ3n) is 4.18. The molecule has 2 aromatic carbocycles. The molecule has 1 atom stereocenters. The molecular formula is C20H24N2O2. The van der Waals surface area contributed by atoms with Crippen LogP contribution in [0.4, 0.5) is 0 Å². The molecule has 2 N–H and O–H groups in total. The Morgan fingerprint density at radius 3 is 2.67 bits per heavy atom. The zero-order chi connectivity index (χ0) is 17.1. The summed E-state index contributed by atoms with van der Waals surface area (Å²) in [5.41, 5.74) is 4.23. The molecule has 3 rings (SSSR count). The summed E-state index contributed by atoms with van der Waals surface area (Å²) in [4.78, 5) is 12.5. The Bertz CT molecular complexity index is 740. The molecule has 4 heteroatoms. The Balaban J connectivity index is 1.70. The lowest BCUT2D eigenvalue weighted by Gasteiger charge is -2.17. The largest absolute Gasteiger partial charge is 0.491 e. The van der Waals surface area contributed by atoms with E-state index in [9.17, 15) is 4.79 Å². The van der Waals surface area contributed by atoms with E-state index in [-0.39, 0.29) is 18.1 Å². The van der Waals surface area contributed by atoms with E-state index in [4.69, 9.17) is 4.74 Å². The van der Waals surface area contributed by atoms with Crippen molar-refractivity contribution in [1.82, 2.24) is 10.6 Å². The van der Waals surface area contributed by atoms with Crippen molar-refractivity contribution < 1.29 is 9.53 Å². The maximum atomic E-state index is 12.5. The summed E-state index contributed by atoms with van der Waals surface area (Å²) in [5, 5.41) is 6.37. The van der Waals surface area contributed by atoms with Crippen LogP contribution in [0.15, 0.2) is 42.5 Å². The number of ether oxygens (including phenoxy) is 1. The topological polar surface area (TPSA) is 50.4 Å². The van der Waals surface area contributed by atoms with Crippen LogP contribution in [0.25, 0.3) is 0 Å². The third-order valence-corrected chi connectivity index (χ3v) is 4.18. The van der Waals surface area contributed by atoms with E-state index in [0.29, 0.717) is 5.56 Å². The molecule has 126 valence electrons. The minimum atomic E-state index is -0.0837. The fraction of sp³-hybridized carbons (Fsp3) is 0.350. The Morgan fingerprint density at radius 2 is 1.88 bits per heavy atom. The molecule has 1 aliphatic heterocycles. The van der Waals surface area contributed by atoms with Gasteiger partial charge in [-0.15, -0.1) is 0 Å². The number of hydrogen-bond donors (Lipinski definition) is 2. The van der Waals surface area contributed by atoms with Gasteiger partial charge >= 0.3 is 0 Å². The average molecular weight is 324 g/mol. The number of rotatable bonds is 5. The number of fused-ring (bicyclic) bond motifs is 1. The molecule has 0 saturated carbocycles. The lowest BCUT2D eigenvalue weighted by atomic mass is 10.0. The predicted molar refractivity (Wildman–Crippen MR) is 95.1 cm³/mol. The molecule has 1 heterocycles. The minimum absolute atomic E-state index is 0.0487. The van der Waals surface area contributed by atoms with Crippen LogP contribution in [-0.4, -0.2) is 12.0 Å². The Kier molecular flexibility index (Phi) is 4.86. The summed E-state index contributed by atoms with van der Waals surface area (Å²) < 4.78 is 5.73. The zero-order valence-corrected chi connectivity index (χ0v) is 14.4. The molecule has 0 aromatic heterocycles. The van der Waals surface area contributed by atoms with Crippen LogP contribution in [0, 0.1) is 0 Å². The van der Waals surface area contributed by atoms with Crippen molar-refractivity contribution in [3.63, 3.8) is 0 Å². The molecule has 0 radical (unpaired) electrons. The van der Waals surface area contributed by atoms with Gasteiger partial charge in [-0.2, -0.15) is 0 Å². The maximum absolute atomic E-state index is 12.5. The van der Waals surface area contributed by atoms with Gasteiger partial charge in [0.05, 0.1) is 12.1 Å². The number of carbonyl (C=O) groups excluding carboxylic acids is 1. The predicted octanol–water partition coefficient (Wildman–Crippen LogP) is 3.57. The minimum Gasteiger partial charge on any atom is -0.491 e. The van der Waals surface area contributed by atoms with E-state index in [0.717, 1.165) is 24.4 Å². The lowest BCUT2D eigenvalue weighted by molar-refractivity contribution is 0.0939. The molecule has 1 unspecified atom stereocenters. The zero-order valence-electron chi connectivity index (χ0n) is 14.4. The van der Waals surface area contributed by atoms with Gasteiger partial charge in [-0.25, -0.2) is 0 Å². The maximum Gasteiger partial charge on any atom is 0.251 e. The van der Waals surface area contributed by atoms with Crippen molar-refractivity contribution in [3.05, 3.63) is 64.7 Å². The van der Waals surface area contributed by atoms with Crippen LogP contribution in [0.5, 0.6) is 5.75 Å². The number of hydrogen-bond acceptors (Lipinski definition) is 3. The summed E-state index contributed by atoms with van der Waals surface area (Å²) in [6.45, 7) is 7.71. The highest BCUT2D eigenvalue weighted by molar-refractivity contribution is 5.94. The molecule has 0 spiro atoms. The smallest absolute Gasteiger partial charge is 0.251 e. The average Bonchev–Trinajstić information content (AvgIpc) is 3.02. The van der Waals surface area contributed by atoms with Gasteiger partial charge in [-0.1, -0.05) is 18.2 Å². The molecule has 0 bridgehead atoms. The normalized spacial score (nSPS) is 14.3. The molecule has 4 nitrogen and oxygen atoms in total. The van der Waals surface area contributed by atoms with Crippen LogP contribution in [0.2, 0.25) is 0 Å². The summed E-state index contributed by atoms with van der Waals surface area (Å²) in [6, 6.07) is 13.7. The van der Waals surface area contributed by atoms with Gasteiger partial charge in [-0.05, 0) is 61.7 Å². The molecule has 1 aliphatic rings. The quantitative estimate of drug-likeness (QED) is 0.884. The van der Waals surface area contributed by atoms with Gasteiger partial charge in [0.1, 0.15) is 5.75 Å². The first-order valence-corrected chi connectivity index (χ1v) is 8.43. The summed E-state index contributed by atoms with van der Waals surface area (Å²) in [6.07, 6.45) is 0.130. The summed E-state index contributed by atoms with van der Waals surface area (Å²) >= 11 is 0. The number of amides is 1. The standard InChI is InChI=1S/C20H24N2O2/c1-13(2)24-19-6-4-5-15(10-19)14(3)22-20(23)16-7-8-17-11-21-12-18(17)9-16/h4-10,13-14,21H,11-12H2,1-3H3,(H,22,23). The van der Waals surface area contributed by atoms with Crippen molar-refractivity contribution in [2.24, 2.45) is 0 Å². The lowest BCUT2D eigenvalue weighted by Crippen LogP contribution is -2.26. The van der Waals surface area contributed by atoms with Crippen molar-refractivity contribution in [1.29, 1.82) is 0 Å². The number of benzene rings is 2. The van der Waals surface area contributed by atoms with Crippen molar-refractivity contribution in [2.75, 3.05) is 0 Å².